The Kier molecular flexibility index (Phi) is 3.16. The van der Waals surface area contributed by atoms with Crippen LogP contribution in [0.3, 0.4) is 0 Å². The molecule has 3 aliphatic rings. The number of primary amides is 1. The zero-order valence-corrected chi connectivity index (χ0v) is 14.5. The summed E-state index contributed by atoms with van der Waals surface area (Å²) in [6.07, 6.45) is 2.97. The van der Waals surface area contributed by atoms with Gasteiger partial charge in [-0.2, -0.15) is 5.10 Å². The molecular formula is C19H20N4O3. The lowest BCUT2D eigenvalue weighted by atomic mass is 9.95. The number of hydrogen-bond acceptors (Lipinski definition) is 4. The van der Waals surface area contributed by atoms with E-state index in [1.54, 1.807) is 16.6 Å². The summed E-state index contributed by atoms with van der Waals surface area (Å²) in [6.45, 7) is 0.181. The summed E-state index contributed by atoms with van der Waals surface area (Å²) >= 11 is 0. The van der Waals surface area contributed by atoms with Crippen molar-refractivity contribution in [3.63, 3.8) is 0 Å². The fraction of sp³-hybridized carbons (Fsp3) is 0.421. The van der Waals surface area contributed by atoms with E-state index in [0.29, 0.717) is 23.3 Å². The van der Waals surface area contributed by atoms with Gasteiger partial charge in [0.05, 0.1) is 5.69 Å². The molecule has 0 spiro atoms. The van der Waals surface area contributed by atoms with Gasteiger partial charge in [-0.1, -0.05) is 12.1 Å². The topological polar surface area (TPSA) is 90.5 Å². The van der Waals surface area contributed by atoms with Crippen molar-refractivity contribution in [3.8, 4) is 5.75 Å². The maximum atomic E-state index is 13.1. The highest BCUT2D eigenvalue weighted by atomic mass is 16.5. The maximum absolute atomic E-state index is 13.1. The van der Waals surface area contributed by atoms with Crippen molar-refractivity contribution in [2.75, 3.05) is 18.6 Å². The molecule has 2 N–H and O–H groups in total. The predicted octanol–water partition coefficient (Wildman–Crippen LogP) is 1.63. The number of benzene rings is 1. The zero-order chi connectivity index (χ0) is 18.0. The lowest BCUT2D eigenvalue weighted by molar-refractivity contribution is -0.122. The first-order valence-electron chi connectivity index (χ1n) is 8.96. The average Bonchev–Trinajstić information content (AvgIpc) is 3.36. The summed E-state index contributed by atoms with van der Waals surface area (Å²) < 4.78 is 7.62. The van der Waals surface area contributed by atoms with Crippen LogP contribution in [0.15, 0.2) is 24.3 Å². The highest BCUT2D eigenvalue weighted by molar-refractivity contribution is 5.98. The SMILES string of the molecule is CN1C(=O)[C@@H](n2nc(C(N)=O)c3c2CCC2CC32)COc2ccccc21. The van der Waals surface area contributed by atoms with E-state index in [-0.39, 0.29) is 12.5 Å². The lowest BCUT2D eigenvalue weighted by Crippen LogP contribution is -2.36. The number of aromatic nitrogens is 2. The molecule has 3 atom stereocenters. The largest absolute Gasteiger partial charge is 0.489 e. The van der Waals surface area contributed by atoms with Gasteiger partial charge in [-0.3, -0.25) is 14.3 Å². The van der Waals surface area contributed by atoms with E-state index in [0.717, 1.165) is 36.2 Å². The predicted molar refractivity (Wildman–Crippen MR) is 94.3 cm³/mol. The molecule has 0 bridgehead atoms. The van der Waals surface area contributed by atoms with Gasteiger partial charge in [0.2, 0.25) is 0 Å². The summed E-state index contributed by atoms with van der Waals surface area (Å²) in [4.78, 5) is 26.7. The highest BCUT2D eigenvalue weighted by Gasteiger charge is 2.47. The molecule has 2 heterocycles. The first-order chi connectivity index (χ1) is 12.6. The van der Waals surface area contributed by atoms with E-state index in [4.69, 9.17) is 10.5 Å². The van der Waals surface area contributed by atoms with Gasteiger partial charge in [0.1, 0.15) is 12.4 Å². The van der Waals surface area contributed by atoms with Crippen LogP contribution in [0.4, 0.5) is 5.69 Å². The number of anilines is 1. The molecule has 1 aromatic heterocycles. The molecule has 1 fully saturated rings. The Balaban J connectivity index is 1.60. The van der Waals surface area contributed by atoms with Crippen LogP contribution in [0.25, 0.3) is 0 Å². The number of hydrogen-bond donors (Lipinski definition) is 1. The van der Waals surface area contributed by atoms with Crippen molar-refractivity contribution in [1.29, 1.82) is 0 Å². The number of rotatable bonds is 2. The molecule has 2 amide bonds. The van der Waals surface area contributed by atoms with Crippen LogP contribution in [-0.4, -0.2) is 35.2 Å². The molecule has 1 aromatic carbocycles. The van der Waals surface area contributed by atoms with Gasteiger partial charge in [-0.05, 0) is 43.2 Å². The number of amides is 2. The van der Waals surface area contributed by atoms with E-state index >= 15 is 0 Å². The molecule has 7 heteroatoms. The van der Waals surface area contributed by atoms with Gasteiger partial charge in [0.25, 0.3) is 11.8 Å². The maximum Gasteiger partial charge on any atom is 0.269 e. The third kappa shape index (κ3) is 2.09. The van der Waals surface area contributed by atoms with Crippen molar-refractivity contribution in [1.82, 2.24) is 9.78 Å². The third-order valence-corrected chi connectivity index (χ3v) is 5.86. The standard InChI is InChI=1S/C19H20N4O3/c1-22-12-4-2-3-5-15(12)26-9-14(19(22)25)23-13-7-6-10-8-11(10)16(13)17(21-23)18(20)24/h2-5,10-11,14H,6-9H2,1H3,(H2,20,24)/t10?,11?,14-/m0/s1. The Labute approximate surface area is 150 Å². The van der Waals surface area contributed by atoms with Gasteiger partial charge in [-0.25, -0.2) is 0 Å². The quantitative estimate of drug-likeness (QED) is 0.889. The van der Waals surface area contributed by atoms with Crippen LogP contribution in [0.1, 0.15) is 46.5 Å². The van der Waals surface area contributed by atoms with Crippen LogP contribution < -0.4 is 15.4 Å². The van der Waals surface area contributed by atoms with E-state index in [1.165, 1.54) is 0 Å². The molecule has 0 radical (unpaired) electrons. The Morgan fingerprint density at radius 3 is 2.96 bits per heavy atom. The van der Waals surface area contributed by atoms with Crippen molar-refractivity contribution in [2.24, 2.45) is 11.7 Å². The van der Waals surface area contributed by atoms with Crippen LogP contribution in [0.5, 0.6) is 5.75 Å². The number of nitrogens with zero attached hydrogens (tertiary/aromatic N) is 3. The smallest absolute Gasteiger partial charge is 0.269 e. The second kappa shape index (κ2) is 5.33. The third-order valence-electron chi connectivity index (χ3n) is 5.86. The monoisotopic (exact) mass is 352 g/mol. The summed E-state index contributed by atoms with van der Waals surface area (Å²) in [6, 6.07) is 6.86. The van der Waals surface area contributed by atoms with E-state index in [9.17, 15) is 9.59 Å². The van der Waals surface area contributed by atoms with Crippen LogP contribution in [0.2, 0.25) is 0 Å². The number of nitrogens with two attached hydrogens (primary N) is 1. The van der Waals surface area contributed by atoms with E-state index in [2.05, 4.69) is 5.10 Å². The fourth-order valence-corrected chi connectivity index (χ4v) is 4.42. The summed E-state index contributed by atoms with van der Waals surface area (Å²) in [5.74, 6) is 1.04. The summed E-state index contributed by atoms with van der Waals surface area (Å²) in [5.41, 5.74) is 8.58. The Morgan fingerprint density at radius 2 is 2.15 bits per heavy atom. The molecule has 134 valence electrons. The summed E-state index contributed by atoms with van der Waals surface area (Å²) in [5, 5.41) is 4.50. The molecule has 2 aromatic rings. The minimum atomic E-state index is -0.607. The van der Waals surface area contributed by atoms with E-state index < -0.39 is 11.9 Å². The van der Waals surface area contributed by atoms with Gasteiger partial charge in [0, 0.05) is 18.3 Å². The number of ether oxygens (including phenoxy) is 1. The van der Waals surface area contributed by atoms with Crippen molar-refractivity contribution in [2.45, 2.75) is 31.2 Å². The van der Waals surface area contributed by atoms with Crippen molar-refractivity contribution >= 4 is 17.5 Å². The molecule has 5 rings (SSSR count). The van der Waals surface area contributed by atoms with Gasteiger partial charge < -0.3 is 15.4 Å². The van der Waals surface area contributed by atoms with Gasteiger partial charge >= 0.3 is 0 Å². The molecule has 0 saturated heterocycles. The van der Waals surface area contributed by atoms with Gasteiger partial charge in [0.15, 0.2) is 11.7 Å². The molecule has 26 heavy (non-hydrogen) atoms. The van der Waals surface area contributed by atoms with Crippen molar-refractivity contribution < 1.29 is 14.3 Å². The Bertz CT molecular complexity index is 935. The molecule has 1 saturated carbocycles. The lowest BCUT2D eigenvalue weighted by Gasteiger charge is -2.22. The van der Waals surface area contributed by atoms with Crippen LogP contribution in [0, 0.1) is 5.92 Å². The number of carbonyl (C=O) groups excluding carboxylic acids is 2. The molecular weight excluding hydrogens is 332 g/mol. The molecule has 2 aliphatic carbocycles. The van der Waals surface area contributed by atoms with Crippen molar-refractivity contribution in [3.05, 3.63) is 41.2 Å². The number of para-hydroxylation sites is 2. The zero-order valence-electron chi connectivity index (χ0n) is 14.5. The molecule has 7 nitrogen and oxygen atoms in total. The van der Waals surface area contributed by atoms with Crippen LogP contribution in [-0.2, 0) is 11.2 Å². The fourth-order valence-electron chi connectivity index (χ4n) is 4.42. The second-order valence-electron chi connectivity index (χ2n) is 7.35. The summed E-state index contributed by atoms with van der Waals surface area (Å²) in [7, 11) is 1.74. The van der Waals surface area contributed by atoms with Crippen LogP contribution >= 0.6 is 0 Å². The Morgan fingerprint density at radius 1 is 1.35 bits per heavy atom. The minimum Gasteiger partial charge on any atom is -0.489 e. The Hall–Kier alpha value is -2.83. The molecule has 2 unspecified atom stereocenters. The highest BCUT2D eigenvalue weighted by Crippen LogP contribution is 2.55. The number of carbonyl (C=O) groups is 2. The minimum absolute atomic E-state index is 0.103. The number of fused-ring (bicyclic) bond motifs is 4. The molecule has 1 aliphatic heterocycles. The van der Waals surface area contributed by atoms with Gasteiger partial charge in [-0.15, -0.1) is 0 Å². The normalized spacial score (nSPS) is 26.3. The first-order valence-corrected chi connectivity index (χ1v) is 8.96. The number of likely N-dealkylation sites (N-methyl/N-ethyl adjacent to an activating group) is 1. The van der Waals surface area contributed by atoms with E-state index in [1.807, 2.05) is 24.3 Å². The second-order valence-corrected chi connectivity index (χ2v) is 7.35. The average molecular weight is 352 g/mol. The first kappa shape index (κ1) is 15.4.